The van der Waals surface area contributed by atoms with Gasteiger partial charge in [-0.15, -0.1) is 0 Å². The molecule has 2 nitrogen and oxygen atoms in total. The molecule has 0 aromatic heterocycles. The maximum absolute atomic E-state index is 13.1. The zero-order valence-corrected chi connectivity index (χ0v) is 11.5. The van der Waals surface area contributed by atoms with E-state index in [0.717, 1.165) is 25.1 Å². The molecule has 0 aliphatic carbocycles. The summed E-state index contributed by atoms with van der Waals surface area (Å²) in [4.78, 5) is 0. The van der Waals surface area contributed by atoms with Crippen LogP contribution in [-0.4, -0.2) is 20.2 Å². The third-order valence-electron chi connectivity index (χ3n) is 3.77. The fourth-order valence-electron chi connectivity index (χ4n) is 2.83. The van der Waals surface area contributed by atoms with Gasteiger partial charge in [0.2, 0.25) is 0 Å². The predicted molar refractivity (Wildman–Crippen MR) is 78.2 cm³/mol. The molecule has 0 saturated carbocycles. The minimum atomic E-state index is -0.199. The molecule has 1 N–H and O–H groups in total. The largest absolute Gasteiger partial charge is 0.372 e. The molecule has 1 atom stereocenters. The summed E-state index contributed by atoms with van der Waals surface area (Å²) in [5, 5.41) is 3.17. The van der Waals surface area contributed by atoms with Crippen molar-refractivity contribution in [1.82, 2.24) is 5.32 Å². The van der Waals surface area contributed by atoms with Crippen molar-refractivity contribution in [3.8, 4) is 11.1 Å². The number of likely N-dealkylation sites (N-methyl/N-ethyl adjacent to an activating group) is 1. The van der Waals surface area contributed by atoms with Gasteiger partial charge in [-0.3, -0.25) is 0 Å². The summed E-state index contributed by atoms with van der Waals surface area (Å²) in [5.74, 6) is -0.199. The molecule has 0 amide bonds. The van der Waals surface area contributed by atoms with Gasteiger partial charge >= 0.3 is 0 Å². The topological polar surface area (TPSA) is 21.3 Å². The van der Waals surface area contributed by atoms with E-state index < -0.39 is 0 Å². The van der Waals surface area contributed by atoms with Gasteiger partial charge in [0.15, 0.2) is 0 Å². The van der Waals surface area contributed by atoms with E-state index in [4.69, 9.17) is 4.74 Å². The number of benzene rings is 2. The maximum atomic E-state index is 13.1. The predicted octanol–water partition coefficient (Wildman–Crippen LogP) is 3.33. The highest BCUT2D eigenvalue weighted by molar-refractivity contribution is 5.69. The zero-order valence-electron chi connectivity index (χ0n) is 11.5. The fraction of sp³-hybridized carbons (Fsp3) is 0.294. The van der Waals surface area contributed by atoms with Crippen LogP contribution in [0, 0.1) is 5.82 Å². The van der Waals surface area contributed by atoms with Crippen molar-refractivity contribution >= 4 is 0 Å². The van der Waals surface area contributed by atoms with Gasteiger partial charge in [0, 0.05) is 6.54 Å². The normalized spacial score (nSPS) is 17.8. The van der Waals surface area contributed by atoms with Crippen molar-refractivity contribution in [2.24, 2.45) is 0 Å². The Bertz CT molecular complexity index is 594. The molecule has 1 unspecified atom stereocenters. The Hall–Kier alpha value is -1.71. The molecular weight excluding hydrogens is 253 g/mol. The van der Waals surface area contributed by atoms with Gasteiger partial charge in [-0.2, -0.15) is 0 Å². The summed E-state index contributed by atoms with van der Waals surface area (Å²) in [6.45, 7) is 1.54. The summed E-state index contributed by atoms with van der Waals surface area (Å²) < 4.78 is 18.9. The van der Waals surface area contributed by atoms with Crippen molar-refractivity contribution in [2.75, 3.05) is 20.2 Å². The molecule has 3 heteroatoms. The van der Waals surface area contributed by atoms with Crippen molar-refractivity contribution in [3.63, 3.8) is 0 Å². The van der Waals surface area contributed by atoms with Crippen LogP contribution in [0.4, 0.5) is 4.39 Å². The van der Waals surface area contributed by atoms with Crippen LogP contribution >= 0.6 is 0 Å². The minimum absolute atomic E-state index is 0.101. The van der Waals surface area contributed by atoms with Gasteiger partial charge in [-0.1, -0.05) is 30.3 Å². The van der Waals surface area contributed by atoms with Crippen LogP contribution in [0.5, 0.6) is 0 Å². The van der Waals surface area contributed by atoms with Crippen molar-refractivity contribution in [3.05, 3.63) is 59.4 Å². The molecule has 0 radical (unpaired) electrons. The van der Waals surface area contributed by atoms with Gasteiger partial charge in [-0.25, -0.2) is 4.39 Å². The lowest BCUT2D eigenvalue weighted by Gasteiger charge is -2.28. The maximum Gasteiger partial charge on any atom is 0.123 e. The monoisotopic (exact) mass is 271 g/mol. The number of rotatable bonds is 3. The number of fused-ring (bicyclic) bond motifs is 1. The molecule has 1 aliphatic rings. The quantitative estimate of drug-likeness (QED) is 0.924. The third kappa shape index (κ3) is 2.47. The van der Waals surface area contributed by atoms with E-state index in [2.05, 4.69) is 23.5 Å². The van der Waals surface area contributed by atoms with Gasteiger partial charge in [0.1, 0.15) is 5.82 Å². The van der Waals surface area contributed by atoms with Crippen molar-refractivity contribution in [1.29, 1.82) is 0 Å². The molecule has 0 spiro atoms. The summed E-state index contributed by atoms with van der Waals surface area (Å²) in [5.41, 5.74) is 4.82. The van der Waals surface area contributed by atoms with Gasteiger partial charge in [0.05, 0.1) is 12.7 Å². The molecule has 2 aromatic rings. The number of ether oxygens (including phenoxy) is 1. The summed E-state index contributed by atoms with van der Waals surface area (Å²) in [6, 6.07) is 13.0. The molecule has 0 bridgehead atoms. The Kier molecular flexibility index (Phi) is 3.81. The van der Waals surface area contributed by atoms with E-state index in [1.165, 1.54) is 28.8 Å². The molecule has 0 saturated heterocycles. The Morgan fingerprint density at radius 3 is 2.75 bits per heavy atom. The van der Waals surface area contributed by atoms with Crippen LogP contribution in [0.25, 0.3) is 11.1 Å². The molecule has 1 heterocycles. The van der Waals surface area contributed by atoms with Crippen LogP contribution in [0.1, 0.15) is 17.2 Å². The molecule has 3 rings (SSSR count). The molecular formula is C17H18FNO. The number of hydrogen-bond acceptors (Lipinski definition) is 2. The summed E-state index contributed by atoms with van der Waals surface area (Å²) >= 11 is 0. The van der Waals surface area contributed by atoms with Crippen LogP contribution in [0.15, 0.2) is 42.5 Å². The lowest BCUT2D eigenvalue weighted by atomic mass is 9.89. The second kappa shape index (κ2) is 5.73. The fourth-order valence-corrected chi connectivity index (χ4v) is 2.83. The Balaban J connectivity index is 2.05. The first-order valence-electron chi connectivity index (χ1n) is 6.93. The van der Waals surface area contributed by atoms with Crippen molar-refractivity contribution < 1.29 is 9.13 Å². The number of nitrogens with one attached hydrogen (secondary N) is 1. The van der Waals surface area contributed by atoms with Crippen LogP contribution in [0.3, 0.4) is 0 Å². The van der Waals surface area contributed by atoms with Gasteiger partial charge in [0.25, 0.3) is 0 Å². The average molecular weight is 271 g/mol. The third-order valence-corrected chi connectivity index (χ3v) is 3.77. The second-order valence-electron chi connectivity index (χ2n) is 5.05. The first-order valence-corrected chi connectivity index (χ1v) is 6.93. The van der Waals surface area contributed by atoms with Gasteiger partial charge in [-0.05, 0) is 47.9 Å². The van der Waals surface area contributed by atoms with E-state index in [1.54, 1.807) is 0 Å². The van der Waals surface area contributed by atoms with Crippen LogP contribution < -0.4 is 5.32 Å². The first-order chi connectivity index (χ1) is 9.79. The van der Waals surface area contributed by atoms with E-state index in [0.29, 0.717) is 0 Å². The Morgan fingerprint density at radius 1 is 1.20 bits per heavy atom. The summed E-state index contributed by atoms with van der Waals surface area (Å²) in [7, 11) is 1.93. The second-order valence-corrected chi connectivity index (χ2v) is 5.05. The van der Waals surface area contributed by atoms with E-state index in [9.17, 15) is 4.39 Å². The van der Waals surface area contributed by atoms with E-state index >= 15 is 0 Å². The smallest absolute Gasteiger partial charge is 0.123 e. The highest BCUT2D eigenvalue weighted by atomic mass is 19.1. The first kappa shape index (κ1) is 13.3. The average Bonchev–Trinajstić information content (AvgIpc) is 2.48. The number of hydrogen-bond donors (Lipinski definition) is 1. The molecule has 1 aliphatic heterocycles. The minimum Gasteiger partial charge on any atom is -0.372 e. The SMILES string of the molecule is CNCC1OCCc2c(-c3ccc(F)cc3)cccc21. The molecule has 0 fully saturated rings. The van der Waals surface area contributed by atoms with Gasteiger partial charge < -0.3 is 10.1 Å². The van der Waals surface area contributed by atoms with E-state index in [1.807, 2.05) is 19.2 Å². The number of halogens is 1. The van der Waals surface area contributed by atoms with Crippen LogP contribution in [-0.2, 0) is 11.2 Å². The Labute approximate surface area is 118 Å². The zero-order chi connectivity index (χ0) is 13.9. The summed E-state index contributed by atoms with van der Waals surface area (Å²) in [6.07, 6.45) is 1.01. The lowest BCUT2D eigenvalue weighted by Crippen LogP contribution is -2.25. The molecule has 104 valence electrons. The van der Waals surface area contributed by atoms with E-state index in [-0.39, 0.29) is 11.9 Å². The highest BCUT2D eigenvalue weighted by Gasteiger charge is 2.22. The van der Waals surface area contributed by atoms with Crippen molar-refractivity contribution in [2.45, 2.75) is 12.5 Å². The molecule has 20 heavy (non-hydrogen) atoms. The van der Waals surface area contributed by atoms with Crippen LogP contribution in [0.2, 0.25) is 0 Å². The standard InChI is InChI=1S/C17H18FNO/c1-19-11-17-16-4-2-3-14(15(16)9-10-20-17)12-5-7-13(18)8-6-12/h2-8,17,19H,9-11H2,1H3. The highest BCUT2D eigenvalue weighted by Crippen LogP contribution is 2.34. The lowest BCUT2D eigenvalue weighted by molar-refractivity contribution is 0.0440. The Morgan fingerprint density at radius 2 is 2.00 bits per heavy atom. The molecule has 2 aromatic carbocycles.